The number of sulfonamides is 1. The molecule has 0 aliphatic carbocycles. The molecular weight excluding hydrogens is 300 g/mol. The summed E-state index contributed by atoms with van der Waals surface area (Å²) in [6, 6.07) is 8.16. The van der Waals surface area contributed by atoms with Crippen LogP contribution >= 0.6 is 0 Å². The molecule has 22 heavy (non-hydrogen) atoms. The molecule has 2 N–H and O–H groups in total. The van der Waals surface area contributed by atoms with E-state index in [2.05, 4.69) is 27.2 Å². The lowest BCUT2D eigenvalue weighted by Gasteiger charge is -2.27. The van der Waals surface area contributed by atoms with Gasteiger partial charge in [0.2, 0.25) is 0 Å². The van der Waals surface area contributed by atoms with Gasteiger partial charge in [-0.25, -0.2) is 18.1 Å². The fourth-order valence-electron chi connectivity index (χ4n) is 2.81. The Bertz CT molecular complexity index is 754. The van der Waals surface area contributed by atoms with Crippen LogP contribution in [0, 0.1) is 0 Å². The molecule has 1 aliphatic rings. The third kappa shape index (κ3) is 2.92. The van der Waals surface area contributed by atoms with Crippen LogP contribution in [0.3, 0.4) is 0 Å². The third-order valence-electron chi connectivity index (χ3n) is 3.98. The van der Waals surface area contributed by atoms with Crippen molar-refractivity contribution in [3.8, 4) is 0 Å². The molecule has 1 atom stereocenters. The zero-order chi connectivity index (χ0) is 15.6. The van der Waals surface area contributed by atoms with Gasteiger partial charge in [-0.2, -0.15) is 0 Å². The number of hydrogen-bond donors (Lipinski definition) is 2. The number of fused-ring (bicyclic) bond motifs is 1. The molecule has 0 fully saturated rings. The van der Waals surface area contributed by atoms with Crippen LogP contribution < -0.4 is 10.0 Å². The third-order valence-corrected chi connectivity index (χ3v) is 5.42. The maximum Gasteiger partial charge on any atom is 0.257 e. The van der Waals surface area contributed by atoms with Crippen molar-refractivity contribution >= 4 is 10.0 Å². The summed E-state index contributed by atoms with van der Waals surface area (Å²) < 4.78 is 29.2. The molecule has 0 saturated carbocycles. The fourth-order valence-corrected chi connectivity index (χ4v) is 4.03. The van der Waals surface area contributed by atoms with Gasteiger partial charge in [0.05, 0.1) is 12.5 Å². The zero-order valence-corrected chi connectivity index (χ0v) is 13.3. The molecule has 2 heterocycles. The Morgan fingerprint density at radius 3 is 3.05 bits per heavy atom. The quantitative estimate of drug-likeness (QED) is 0.864. The SMILES string of the molecule is CCn1cncc1S(=O)(=O)NCC1NCCc2ccccc21. The summed E-state index contributed by atoms with van der Waals surface area (Å²) in [7, 11) is -3.55. The van der Waals surface area contributed by atoms with E-state index in [1.807, 2.05) is 19.1 Å². The van der Waals surface area contributed by atoms with Crippen LogP contribution in [-0.4, -0.2) is 31.1 Å². The highest BCUT2D eigenvalue weighted by molar-refractivity contribution is 7.89. The first-order valence-electron chi connectivity index (χ1n) is 7.43. The van der Waals surface area contributed by atoms with E-state index in [0.29, 0.717) is 13.1 Å². The fraction of sp³-hybridized carbons (Fsp3) is 0.400. The Hall–Kier alpha value is -1.70. The average molecular weight is 320 g/mol. The second kappa shape index (κ2) is 6.20. The Kier molecular flexibility index (Phi) is 4.28. The van der Waals surface area contributed by atoms with Crippen LogP contribution in [0.15, 0.2) is 41.8 Å². The van der Waals surface area contributed by atoms with E-state index in [4.69, 9.17) is 0 Å². The molecule has 3 rings (SSSR count). The van der Waals surface area contributed by atoms with Crippen molar-refractivity contribution in [3.63, 3.8) is 0 Å². The number of imidazole rings is 1. The van der Waals surface area contributed by atoms with E-state index in [1.54, 1.807) is 4.57 Å². The molecule has 0 spiro atoms. The average Bonchev–Trinajstić information content (AvgIpc) is 3.02. The molecule has 1 aromatic carbocycles. The van der Waals surface area contributed by atoms with Gasteiger partial charge in [0.1, 0.15) is 0 Å². The first-order chi connectivity index (χ1) is 10.6. The van der Waals surface area contributed by atoms with E-state index in [1.165, 1.54) is 23.7 Å². The molecule has 1 aromatic heterocycles. The van der Waals surface area contributed by atoms with Crippen molar-refractivity contribution in [2.24, 2.45) is 0 Å². The molecule has 0 amide bonds. The summed E-state index contributed by atoms with van der Waals surface area (Å²) in [6.45, 7) is 3.64. The summed E-state index contributed by atoms with van der Waals surface area (Å²) >= 11 is 0. The van der Waals surface area contributed by atoms with Gasteiger partial charge in [-0.1, -0.05) is 24.3 Å². The molecule has 7 heteroatoms. The van der Waals surface area contributed by atoms with Crippen LogP contribution in [0.1, 0.15) is 24.1 Å². The standard InChI is InChI=1S/C15H20N4O2S/c1-2-19-11-16-10-15(19)22(20,21)18-9-14-13-6-4-3-5-12(13)7-8-17-14/h3-6,10-11,14,17-18H,2,7-9H2,1H3. The van der Waals surface area contributed by atoms with Crippen molar-refractivity contribution in [2.45, 2.75) is 31.0 Å². The van der Waals surface area contributed by atoms with Gasteiger partial charge in [0, 0.05) is 19.1 Å². The lowest BCUT2D eigenvalue weighted by Crippen LogP contribution is -2.39. The highest BCUT2D eigenvalue weighted by Crippen LogP contribution is 2.22. The first-order valence-corrected chi connectivity index (χ1v) is 8.91. The Morgan fingerprint density at radius 2 is 2.23 bits per heavy atom. The highest BCUT2D eigenvalue weighted by Gasteiger charge is 2.23. The topological polar surface area (TPSA) is 76.0 Å². The highest BCUT2D eigenvalue weighted by atomic mass is 32.2. The number of rotatable bonds is 5. The van der Waals surface area contributed by atoms with E-state index in [9.17, 15) is 8.42 Å². The van der Waals surface area contributed by atoms with Crippen LogP contribution in [0.4, 0.5) is 0 Å². The number of aryl methyl sites for hydroxylation is 1. The van der Waals surface area contributed by atoms with E-state index in [0.717, 1.165) is 13.0 Å². The number of nitrogens with zero attached hydrogens (tertiary/aromatic N) is 2. The van der Waals surface area contributed by atoms with Gasteiger partial charge >= 0.3 is 0 Å². The predicted molar refractivity (Wildman–Crippen MR) is 84.0 cm³/mol. The molecular formula is C15H20N4O2S. The maximum atomic E-state index is 12.4. The van der Waals surface area contributed by atoms with Gasteiger partial charge in [0.15, 0.2) is 5.03 Å². The normalized spacial score (nSPS) is 18.1. The van der Waals surface area contributed by atoms with Gasteiger partial charge in [-0.15, -0.1) is 0 Å². The smallest absolute Gasteiger partial charge is 0.257 e. The number of hydrogen-bond acceptors (Lipinski definition) is 4. The van der Waals surface area contributed by atoms with Crippen LogP contribution in [-0.2, 0) is 23.0 Å². The molecule has 1 aliphatic heterocycles. The van der Waals surface area contributed by atoms with Gasteiger partial charge in [-0.05, 0) is 31.0 Å². The van der Waals surface area contributed by atoms with Crippen LogP contribution in [0.5, 0.6) is 0 Å². The number of benzene rings is 1. The summed E-state index contributed by atoms with van der Waals surface area (Å²) in [5, 5.41) is 3.58. The molecule has 2 aromatic rings. The number of nitrogens with one attached hydrogen (secondary N) is 2. The van der Waals surface area contributed by atoms with Crippen molar-refractivity contribution in [1.29, 1.82) is 0 Å². The Labute approximate surface area is 130 Å². The Morgan fingerprint density at radius 1 is 1.41 bits per heavy atom. The van der Waals surface area contributed by atoms with Crippen molar-refractivity contribution in [1.82, 2.24) is 19.6 Å². The molecule has 0 saturated heterocycles. The van der Waals surface area contributed by atoms with E-state index >= 15 is 0 Å². The molecule has 118 valence electrons. The first kappa shape index (κ1) is 15.2. The van der Waals surface area contributed by atoms with Crippen molar-refractivity contribution in [2.75, 3.05) is 13.1 Å². The van der Waals surface area contributed by atoms with Gasteiger partial charge < -0.3 is 9.88 Å². The second-order valence-corrected chi connectivity index (χ2v) is 7.04. The predicted octanol–water partition coefficient (Wildman–Crippen LogP) is 1.07. The van der Waals surface area contributed by atoms with Gasteiger partial charge in [-0.3, -0.25) is 0 Å². The van der Waals surface area contributed by atoms with Crippen LogP contribution in [0.2, 0.25) is 0 Å². The van der Waals surface area contributed by atoms with Crippen LogP contribution in [0.25, 0.3) is 0 Å². The van der Waals surface area contributed by atoms with E-state index in [-0.39, 0.29) is 11.1 Å². The summed E-state index contributed by atoms with van der Waals surface area (Å²) in [4.78, 5) is 3.92. The summed E-state index contributed by atoms with van der Waals surface area (Å²) in [6.07, 6.45) is 3.89. The summed E-state index contributed by atoms with van der Waals surface area (Å²) in [5.41, 5.74) is 2.45. The van der Waals surface area contributed by atoms with Gasteiger partial charge in [0.25, 0.3) is 10.0 Å². The second-order valence-electron chi connectivity index (χ2n) is 5.33. The number of aromatic nitrogens is 2. The van der Waals surface area contributed by atoms with Crippen molar-refractivity contribution in [3.05, 3.63) is 47.9 Å². The monoisotopic (exact) mass is 320 g/mol. The van der Waals surface area contributed by atoms with Crippen molar-refractivity contribution < 1.29 is 8.42 Å². The molecule has 6 nitrogen and oxygen atoms in total. The molecule has 1 unspecified atom stereocenters. The molecule has 0 radical (unpaired) electrons. The summed E-state index contributed by atoms with van der Waals surface area (Å²) in [5.74, 6) is 0. The Balaban J connectivity index is 1.76. The zero-order valence-electron chi connectivity index (χ0n) is 12.5. The van der Waals surface area contributed by atoms with E-state index < -0.39 is 10.0 Å². The minimum absolute atomic E-state index is 0.00211. The minimum atomic E-state index is -3.55. The molecule has 0 bridgehead atoms. The largest absolute Gasteiger partial charge is 0.321 e. The lowest BCUT2D eigenvalue weighted by molar-refractivity contribution is 0.489. The minimum Gasteiger partial charge on any atom is -0.321 e. The lowest BCUT2D eigenvalue weighted by atomic mass is 9.95. The maximum absolute atomic E-state index is 12.4.